The Morgan fingerprint density at radius 3 is 2.58 bits per heavy atom. The second-order valence-electron chi connectivity index (χ2n) is 6.83. The predicted octanol–water partition coefficient (Wildman–Crippen LogP) is 3.22. The van der Waals surface area contributed by atoms with Gasteiger partial charge in [0.25, 0.3) is 0 Å². The van der Waals surface area contributed by atoms with E-state index < -0.39 is 23.7 Å². The molecule has 1 atom stereocenters. The second kappa shape index (κ2) is 9.05. The highest BCUT2D eigenvalue weighted by atomic mass is 19.4. The number of aromatic nitrogens is 2. The summed E-state index contributed by atoms with van der Waals surface area (Å²) in [5.74, 6) is -0.952. The van der Waals surface area contributed by atoms with Gasteiger partial charge in [-0.2, -0.15) is 18.3 Å². The number of hydrogen-bond donors (Lipinski definition) is 2. The number of amides is 1. The summed E-state index contributed by atoms with van der Waals surface area (Å²) in [7, 11) is 0. The van der Waals surface area contributed by atoms with Crippen LogP contribution < -0.4 is 5.32 Å². The number of alkyl halides is 3. The molecule has 1 aromatic heterocycles. The van der Waals surface area contributed by atoms with Gasteiger partial charge in [-0.05, 0) is 24.8 Å². The number of nitrogens with one attached hydrogen (secondary N) is 1. The Kier molecular flexibility index (Phi) is 7.05. The van der Waals surface area contributed by atoms with E-state index in [-0.39, 0.29) is 19.0 Å². The summed E-state index contributed by atoms with van der Waals surface area (Å²) >= 11 is 0. The average molecular weight is 375 g/mol. The normalized spacial score (nSPS) is 17.0. The zero-order chi connectivity index (χ0) is 19.2. The molecule has 2 rings (SSSR count). The van der Waals surface area contributed by atoms with Crippen LogP contribution >= 0.6 is 0 Å². The predicted molar refractivity (Wildman–Crippen MR) is 87.2 cm³/mol. The SMILES string of the molecule is O=C(O)CCC(CC1CCCCC1)NC(=O)Cn1ccc(C(F)(F)F)n1. The first kappa shape index (κ1) is 20.3. The molecule has 1 aliphatic carbocycles. The van der Waals surface area contributed by atoms with Gasteiger partial charge in [-0.3, -0.25) is 14.3 Å². The summed E-state index contributed by atoms with van der Waals surface area (Å²) in [4.78, 5) is 23.0. The molecule has 0 aromatic carbocycles. The lowest BCUT2D eigenvalue weighted by atomic mass is 9.84. The van der Waals surface area contributed by atoms with E-state index >= 15 is 0 Å². The van der Waals surface area contributed by atoms with Crippen molar-refractivity contribution in [3.05, 3.63) is 18.0 Å². The van der Waals surface area contributed by atoms with Crippen molar-refractivity contribution in [1.82, 2.24) is 15.1 Å². The Morgan fingerprint density at radius 1 is 1.31 bits per heavy atom. The molecule has 0 aliphatic heterocycles. The molecule has 1 heterocycles. The Balaban J connectivity index is 1.91. The van der Waals surface area contributed by atoms with Gasteiger partial charge in [0.2, 0.25) is 5.91 Å². The standard InChI is InChI=1S/C17H24F3N3O3/c18-17(19,20)14-8-9-23(22-14)11-15(24)21-13(6-7-16(25)26)10-12-4-2-1-3-5-12/h8-9,12-13H,1-7,10-11H2,(H,21,24)(H,25,26). The fraction of sp³-hybridized carbons (Fsp3) is 0.706. The largest absolute Gasteiger partial charge is 0.481 e. The minimum Gasteiger partial charge on any atom is -0.481 e. The summed E-state index contributed by atoms with van der Waals surface area (Å²) in [6, 6.07) is 0.524. The monoisotopic (exact) mass is 375 g/mol. The number of carboxylic acids is 1. The van der Waals surface area contributed by atoms with Crippen LogP contribution in [0.25, 0.3) is 0 Å². The third-order valence-corrected chi connectivity index (χ3v) is 4.65. The summed E-state index contributed by atoms with van der Waals surface area (Å²) in [6.45, 7) is -0.329. The first-order valence-corrected chi connectivity index (χ1v) is 8.86. The highest BCUT2D eigenvalue weighted by molar-refractivity contribution is 5.76. The van der Waals surface area contributed by atoms with Crippen molar-refractivity contribution < 1.29 is 27.9 Å². The smallest absolute Gasteiger partial charge is 0.435 e. The number of carbonyl (C=O) groups is 2. The van der Waals surface area contributed by atoms with Crippen molar-refractivity contribution in [2.45, 2.75) is 70.1 Å². The molecule has 6 nitrogen and oxygen atoms in total. The quantitative estimate of drug-likeness (QED) is 0.731. The molecule has 1 amide bonds. The molecule has 146 valence electrons. The lowest BCUT2D eigenvalue weighted by Crippen LogP contribution is -2.39. The van der Waals surface area contributed by atoms with Gasteiger partial charge in [0.1, 0.15) is 6.54 Å². The van der Waals surface area contributed by atoms with E-state index in [1.165, 1.54) is 6.42 Å². The van der Waals surface area contributed by atoms with E-state index in [9.17, 15) is 22.8 Å². The van der Waals surface area contributed by atoms with Crippen molar-refractivity contribution in [3.63, 3.8) is 0 Å². The van der Waals surface area contributed by atoms with Crippen LogP contribution in [0.3, 0.4) is 0 Å². The first-order chi connectivity index (χ1) is 12.2. The summed E-state index contributed by atoms with van der Waals surface area (Å²) in [6.07, 6.45) is 3.11. The molecule has 0 bridgehead atoms. The Labute approximate surface area is 149 Å². The molecule has 1 saturated carbocycles. The first-order valence-electron chi connectivity index (χ1n) is 8.86. The Hall–Kier alpha value is -2.06. The molecular formula is C17H24F3N3O3. The third-order valence-electron chi connectivity index (χ3n) is 4.65. The summed E-state index contributed by atoms with van der Waals surface area (Å²) < 4.78 is 38.6. The van der Waals surface area contributed by atoms with Crippen LogP contribution in [0.15, 0.2) is 12.3 Å². The molecule has 2 N–H and O–H groups in total. The number of aliphatic carboxylic acids is 1. The summed E-state index contributed by atoms with van der Waals surface area (Å²) in [5.41, 5.74) is -1.05. The van der Waals surface area contributed by atoms with Crippen molar-refractivity contribution in [1.29, 1.82) is 0 Å². The number of hydrogen-bond acceptors (Lipinski definition) is 3. The molecule has 1 fully saturated rings. The molecule has 1 aliphatic rings. The maximum absolute atomic E-state index is 12.6. The van der Waals surface area contributed by atoms with Crippen LogP contribution in [-0.4, -0.2) is 32.8 Å². The minimum atomic E-state index is -4.55. The molecule has 0 saturated heterocycles. The Bertz CT molecular complexity index is 610. The lowest BCUT2D eigenvalue weighted by Gasteiger charge is -2.27. The highest BCUT2D eigenvalue weighted by Gasteiger charge is 2.33. The topological polar surface area (TPSA) is 84.2 Å². The van der Waals surface area contributed by atoms with E-state index in [0.717, 1.165) is 42.6 Å². The van der Waals surface area contributed by atoms with Gasteiger partial charge in [-0.1, -0.05) is 32.1 Å². The maximum atomic E-state index is 12.6. The number of rotatable bonds is 8. The fourth-order valence-corrected chi connectivity index (χ4v) is 3.39. The fourth-order valence-electron chi connectivity index (χ4n) is 3.39. The third kappa shape index (κ3) is 6.68. The maximum Gasteiger partial charge on any atom is 0.435 e. The van der Waals surface area contributed by atoms with Crippen molar-refractivity contribution in [2.24, 2.45) is 5.92 Å². The molecule has 26 heavy (non-hydrogen) atoms. The number of nitrogens with zero attached hydrogens (tertiary/aromatic N) is 2. The van der Waals surface area contributed by atoms with Crippen LogP contribution in [0.5, 0.6) is 0 Å². The van der Waals surface area contributed by atoms with Gasteiger partial charge in [0.15, 0.2) is 5.69 Å². The molecule has 9 heteroatoms. The van der Waals surface area contributed by atoms with E-state index in [4.69, 9.17) is 5.11 Å². The molecular weight excluding hydrogens is 351 g/mol. The van der Waals surface area contributed by atoms with E-state index in [2.05, 4.69) is 10.4 Å². The van der Waals surface area contributed by atoms with Gasteiger partial charge >= 0.3 is 12.1 Å². The molecule has 1 unspecified atom stereocenters. The van der Waals surface area contributed by atoms with Crippen molar-refractivity contribution in [2.75, 3.05) is 0 Å². The molecule has 0 spiro atoms. The van der Waals surface area contributed by atoms with E-state index in [0.29, 0.717) is 18.8 Å². The lowest BCUT2D eigenvalue weighted by molar-refractivity contribution is -0.141. The van der Waals surface area contributed by atoms with Crippen LogP contribution in [0, 0.1) is 5.92 Å². The van der Waals surface area contributed by atoms with E-state index in [1.807, 2.05) is 0 Å². The van der Waals surface area contributed by atoms with E-state index in [1.54, 1.807) is 0 Å². The Morgan fingerprint density at radius 2 is 2.00 bits per heavy atom. The second-order valence-corrected chi connectivity index (χ2v) is 6.83. The van der Waals surface area contributed by atoms with Gasteiger partial charge in [0, 0.05) is 18.7 Å². The minimum absolute atomic E-state index is 0.0579. The van der Waals surface area contributed by atoms with Crippen LogP contribution in [0.2, 0.25) is 0 Å². The van der Waals surface area contributed by atoms with Gasteiger partial charge < -0.3 is 10.4 Å². The zero-order valence-corrected chi connectivity index (χ0v) is 14.5. The zero-order valence-electron chi connectivity index (χ0n) is 14.5. The van der Waals surface area contributed by atoms with Crippen LogP contribution in [-0.2, 0) is 22.3 Å². The number of carboxylic acid groups (broad SMARTS) is 1. The number of halogens is 3. The van der Waals surface area contributed by atoms with Gasteiger partial charge in [0.05, 0.1) is 0 Å². The summed E-state index contributed by atoms with van der Waals surface area (Å²) in [5, 5.41) is 15.0. The van der Waals surface area contributed by atoms with Crippen LogP contribution in [0.4, 0.5) is 13.2 Å². The van der Waals surface area contributed by atoms with Crippen LogP contribution in [0.1, 0.15) is 57.1 Å². The van der Waals surface area contributed by atoms with Gasteiger partial charge in [-0.25, -0.2) is 0 Å². The molecule has 0 radical (unpaired) electrons. The van der Waals surface area contributed by atoms with Gasteiger partial charge in [-0.15, -0.1) is 0 Å². The molecule has 1 aromatic rings. The van der Waals surface area contributed by atoms with Crippen molar-refractivity contribution >= 4 is 11.9 Å². The van der Waals surface area contributed by atoms with Crippen molar-refractivity contribution in [3.8, 4) is 0 Å². The highest BCUT2D eigenvalue weighted by Crippen LogP contribution is 2.28. The number of carbonyl (C=O) groups excluding carboxylic acids is 1. The average Bonchev–Trinajstić information content (AvgIpc) is 3.02.